The topological polar surface area (TPSA) is 21.3 Å². The van der Waals surface area contributed by atoms with Crippen molar-refractivity contribution in [3.8, 4) is 0 Å². The van der Waals surface area contributed by atoms with Gasteiger partial charge >= 0.3 is 0 Å². The molecule has 0 bridgehead atoms. The summed E-state index contributed by atoms with van der Waals surface area (Å²) < 4.78 is 5.97. The van der Waals surface area contributed by atoms with Gasteiger partial charge in [0, 0.05) is 0 Å². The van der Waals surface area contributed by atoms with Crippen molar-refractivity contribution in [3.63, 3.8) is 0 Å². The number of rotatable bonds is 6. The smallest absolute Gasteiger partial charge is 0.0583 e. The molecule has 1 rings (SSSR count). The lowest BCUT2D eigenvalue weighted by atomic mass is 9.77. The maximum atomic E-state index is 5.97. The van der Waals surface area contributed by atoms with Gasteiger partial charge in [0.05, 0.1) is 12.2 Å². The summed E-state index contributed by atoms with van der Waals surface area (Å²) in [6.07, 6.45) is 5.89. The molecule has 3 unspecified atom stereocenters. The van der Waals surface area contributed by atoms with Gasteiger partial charge < -0.3 is 10.1 Å². The van der Waals surface area contributed by atoms with Gasteiger partial charge in [-0.3, -0.25) is 0 Å². The van der Waals surface area contributed by atoms with Gasteiger partial charge in [0.15, 0.2) is 0 Å². The predicted molar refractivity (Wildman–Crippen MR) is 74.3 cm³/mol. The number of ether oxygens (including phenoxy) is 1. The van der Waals surface area contributed by atoms with Crippen LogP contribution in [0.25, 0.3) is 0 Å². The lowest BCUT2D eigenvalue weighted by Crippen LogP contribution is -2.34. The van der Waals surface area contributed by atoms with Crippen LogP contribution in [0.1, 0.15) is 60.3 Å². The molecule has 1 aliphatic heterocycles. The Morgan fingerprint density at radius 3 is 2.47 bits per heavy atom. The molecule has 102 valence electrons. The van der Waals surface area contributed by atoms with Gasteiger partial charge in [-0.25, -0.2) is 0 Å². The van der Waals surface area contributed by atoms with Crippen molar-refractivity contribution in [2.24, 2.45) is 11.3 Å². The van der Waals surface area contributed by atoms with Crippen LogP contribution in [-0.2, 0) is 4.74 Å². The van der Waals surface area contributed by atoms with Crippen molar-refractivity contribution in [2.45, 2.75) is 72.5 Å². The minimum absolute atomic E-state index is 0.371. The third kappa shape index (κ3) is 5.39. The summed E-state index contributed by atoms with van der Waals surface area (Å²) in [5.74, 6) is 0.712. The Morgan fingerprint density at radius 1 is 1.29 bits per heavy atom. The van der Waals surface area contributed by atoms with Crippen LogP contribution in [0.3, 0.4) is 0 Å². The fourth-order valence-corrected chi connectivity index (χ4v) is 2.57. The van der Waals surface area contributed by atoms with Crippen molar-refractivity contribution in [1.82, 2.24) is 5.32 Å². The van der Waals surface area contributed by atoms with Crippen LogP contribution in [-0.4, -0.2) is 25.3 Å². The second-order valence-corrected chi connectivity index (χ2v) is 6.65. The minimum atomic E-state index is 0.371. The van der Waals surface area contributed by atoms with E-state index in [1.54, 1.807) is 0 Å². The first-order valence-electron chi connectivity index (χ1n) is 7.29. The van der Waals surface area contributed by atoms with Crippen molar-refractivity contribution >= 4 is 0 Å². The van der Waals surface area contributed by atoms with Gasteiger partial charge in [0.1, 0.15) is 0 Å². The van der Waals surface area contributed by atoms with E-state index in [1.807, 2.05) is 0 Å². The zero-order chi connectivity index (χ0) is 12.9. The molecule has 1 aliphatic rings. The normalized spacial score (nSPS) is 27.4. The first-order valence-corrected chi connectivity index (χ1v) is 7.29. The third-order valence-electron chi connectivity index (χ3n) is 3.91. The summed E-state index contributed by atoms with van der Waals surface area (Å²) in [7, 11) is 0. The Morgan fingerprint density at radius 2 is 2.00 bits per heavy atom. The molecule has 1 saturated heterocycles. The number of hydrogen-bond donors (Lipinski definition) is 1. The summed E-state index contributed by atoms with van der Waals surface area (Å²) in [6.45, 7) is 13.7. The Labute approximate surface area is 108 Å². The monoisotopic (exact) mass is 241 g/mol. The molecule has 0 aromatic heterocycles. The molecule has 0 saturated carbocycles. The average molecular weight is 241 g/mol. The summed E-state index contributed by atoms with van der Waals surface area (Å²) in [4.78, 5) is 0. The van der Waals surface area contributed by atoms with Crippen LogP contribution < -0.4 is 5.32 Å². The highest BCUT2D eigenvalue weighted by atomic mass is 16.5. The first kappa shape index (κ1) is 15.0. The lowest BCUT2D eigenvalue weighted by molar-refractivity contribution is 0.0269. The van der Waals surface area contributed by atoms with E-state index in [-0.39, 0.29) is 0 Å². The molecule has 17 heavy (non-hydrogen) atoms. The zero-order valence-electron chi connectivity index (χ0n) is 12.4. The second kappa shape index (κ2) is 6.75. The predicted octanol–water partition coefficient (Wildman–Crippen LogP) is 3.61. The van der Waals surface area contributed by atoms with Gasteiger partial charge in [-0.2, -0.15) is 0 Å². The summed E-state index contributed by atoms with van der Waals surface area (Å²) >= 11 is 0. The Hall–Kier alpha value is -0.0800. The highest BCUT2D eigenvalue weighted by Crippen LogP contribution is 2.33. The van der Waals surface area contributed by atoms with Crippen LogP contribution in [0.2, 0.25) is 0 Å². The molecule has 0 amide bonds. The fraction of sp³-hybridized carbons (Fsp3) is 1.00. The van der Waals surface area contributed by atoms with E-state index in [9.17, 15) is 0 Å². The first-order chi connectivity index (χ1) is 7.93. The SMILES string of the molecule is CCCNCC(CC1CCC(C)O1)C(C)(C)C. The molecule has 0 aliphatic carbocycles. The molecule has 1 heterocycles. The average Bonchev–Trinajstić information content (AvgIpc) is 2.61. The van der Waals surface area contributed by atoms with Crippen molar-refractivity contribution < 1.29 is 4.74 Å². The molecule has 3 atom stereocenters. The summed E-state index contributed by atoms with van der Waals surface area (Å²) in [5, 5.41) is 3.57. The van der Waals surface area contributed by atoms with E-state index in [2.05, 4.69) is 39.9 Å². The maximum Gasteiger partial charge on any atom is 0.0583 e. The van der Waals surface area contributed by atoms with Crippen molar-refractivity contribution in [1.29, 1.82) is 0 Å². The second-order valence-electron chi connectivity index (χ2n) is 6.65. The minimum Gasteiger partial charge on any atom is -0.375 e. The molecule has 0 radical (unpaired) electrons. The molecule has 1 N–H and O–H groups in total. The van der Waals surface area contributed by atoms with Gasteiger partial charge in [-0.05, 0) is 57.0 Å². The Balaban J connectivity index is 2.40. The summed E-state index contributed by atoms with van der Waals surface area (Å²) in [5.41, 5.74) is 0.371. The van der Waals surface area contributed by atoms with Crippen LogP contribution in [0.5, 0.6) is 0 Å². The Bertz CT molecular complexity index is 209. The maximum absolute atomic E-state index is 5.97. The van der Waals surface area contributed by atoms with Gasteiger partial charge in [-0.15, -0.1) is 0 Å². The molecular weight excluding hydrogens is 210 g/mol. The zero-order valence-corrected chi connectivity index (χ0v) is 12.4. The molecule has 2 nitrogen and oxygen atoms in total. The fourth-order valence-electron chi connectivity index (χ4n) is 2.57. The molecule has 1 fully saturated rings. The van der Waals surface area contributed by atoms with Crippen molar-refractivity contribution in [2.75, 3.05) is 13.1 Å². The quantitative estimate of drug-likeness (QED) is 0.717. The standard InChI is InChI=1S/C15H31NO/c1-6-9-16-11-13(15(3,4)5)10-14-8-7-12(2)17-14/h12-14,16H,6-11H2,1-5H3. The van der Waals surface area contributed by atoms with E-state index in [0.29, 0.717) is 23.5 Å². The largest absolute Gasteiger partial charge is 0.375 e. The highest BCUT2D eigenvalue weighted by Gasteiger charge is 2.30. The third-order valence-corrected chi connectivity index (χ3v) is 3.91. The van der Waals surface area contributed by atoms with Crippen LogP contribution >= 0.6 is 0 Å². The molecule has 2 heteroatoms. The van der Waals surface area contributed by atoms with Gasteiger partial charge in [-0.1, -0.05) is 27.7 Å². The van der Waals surface area contributed by atoms with Gasteiger partial charge in [0.2, 0.25) is 0 Å². The van der Waals surface area contributed by atoms with E-state index in [4.69, 9.17) is 4.74 Å². The van der Waals surface area contributed by atoms with Gasteiger partial charge in [0.25, 0.3) is 0 Å². The van der Waals surface area contributed by atoms with E-state index >= 15 is 0 Å². The highest BCUT2D eigenvalue weighted by molar-refractivity contribution is 4.81. The van der Waals surface area contributed by atoms with E-state index in [0.717, 1.165) is 13.1 Å². The summed E-state index contributed by atoms with van der Waals surface area (Å²) in [6, 6.07) is 0. The van der Waals surface area contributed by atoms with Crippen LogP contribution in [0.4, 0.5) is 0 Å². The molecular formula is C15H31NO. The van der Waals surface area contributed by atoms with Crippen molar-refractivity contribution in [3.05, 3.63) is 0 Å². The van der Waals surface area contributed by atoms with E-state index in [1.165, 1.54) is 25.7 Å². The molecule has 0 aromatic rings. The molecule has 0 spiro atoms. The molecule has 0 aromatic carbocycles. The van der Waals surface area contributed by atoms with E-state index < -0.39 is 0 Å². The number of hydrogen-bond acceptors (Lipinski definition) is 2. The van der Waals surface area contributed by atoms with Crippen LogP contribution in [0, 0.1) is 11.3 Å². The Kier molecular flexibility index (Phi) is 5.94. The number of nitrogens with one attached hydrogen (secondary N) is 1. The lowest BCUT2D eigenvalue weighted by Gasteiger charge is -2.33. The van der Waals surface area contributed by atoms with Crippen LogP contribution in [0.15, 0.2) is 0 Å².